The third-order valence-electron chi connectivity index (χ3n) is 10.9. The standard InChI is InChI=1S/C36H59FN2O9/c1-13-27-36(10,44)25-15-14-19(2)18-45-34(8,17-20(3)28(22(25)5)38-24(7)40)31(23(6)30(42)35(9,37)33(43)47-27)48-32-29(41)26(39(11)12)16-21(4)46-32/h20-23,25-27,29,31-32,41,44H,2,13-18H2,1,3-12H3/t20-,21-,22-,23+,25-,26+,27-,29-,31-,32+,34-,35+,36+/m1/s1. The van der Waals surface area contributed by atoms with Gasteiger partial charge in [0.15, 0.2) is 12.1 Å². The van der Waals surface area contributed by atoms with Crippen LogP contribution in [-0.2, 0) is 33.3 Å². The van der Waals surface area contributed by atoms with Gasteiger partial charge in [-0.15, -0.1) is 0 Å². The highest BCUT2D eigenvalue weighted by atomic mass is 19.1. The highest BCUT2D eigenvalue weighted by molar-refractivity contribution is 6.08. The summed E-state index contributed by atoms with van der Waals surface area (Å²) in [6.45, 7) is 18.6. The molecule has 0 spiro atoms. The number of carbonyl (C=O) groups is 3. The number of hydrogen-bond donors (Lipinski definition) is 2. The Morgan fingerprint density at radius 2 is 1.77 bits per heavy atom. The molecule has 3 fully saturated rings. The number of carbonyl (C=O) groups excluding carboxylic acids is 3. The van der Waals surface area contributed by atoms with Crippen LogP contribution >= 0.6 is 0 Å². The third kappa shape index (κ3) is 8.43. The van der Waals surface area contributed by atoms with E-state index < -0.39 is 82.8 Å². The number of hydrogen-bond acceptors (Lipinski definition) is 10. The minimum atomic E-state index is -3.11. The van der Waals surface area contributed by atoms with Gasteiger partial charge < -0.3 is 34.1 Å². The molecule has 1 amide bonds. The summed E-state index contributed by atoms with van der Waals surface area (Å²) in [5.74, 6) is -5.83. The number of nitrogens with zero attached hydrogens (tertiary/aromatic N) is 2. The summed E-state index contributed by atoms with van der Waals surface area (Å²) in [6, 6.07) is -0.337. The Morgan fingerprint density at radius 1 is 1.15 bits per heavy atom. The van der Waals surface area contributed by atoms with E-state index in [1.807, 2.05) is 39.8 Å². The average molecular weight is 683 g/mol. The van der Waals surface area contributed by atoms with Crippen LogP contribution in [0.4, 0.5) is 4.39 Å². The highest BCUT2D eigenvalue weighted by Gasteiger charge is 2.56. The molecule has 0 unspecified atom stereocenters. The third-order valence-corrected chi connectivity index (χ3v) is 10.9. The van der Waals surface area contributed by atoms with E-state index in [9.17, 15) is 24.6 Å². The van der Waals surface area contributed by atoms with Gasteiger partial charge in [-0.2, -0.15) is 0 Å². The zero-order valence-electron chi connectivity index (χ0n) is 30.7. The van der Waals surface area contributed by atoms with Crippen molar-refractivity contribution in [3.05, 3.63) is 12.2 Å². The van der Waals surface area contributed by atoms with Crippen molar-refractivity contribution in [2.24, 2.45) is 28.7 Å². The van der Waals surface area contributed by atoms with Crippen LogP contribution in [0.1, 0.15) is 94.4 Å². The molecule has 274 valence electrons. The van der Waals surface area contributed by atoms with Gasteiger partial charge in [0.2, 0.25) is 5.91 Å². The molecule has 3 aliphatic heterocycles. The van der Waals surface area contributed by atoms with Crippen LogP contribution < -0.4 is 0 Å². The first kappa shape index (κ1) is 40.3. The fourth-order valence-electron chi connectivity index (χ4n) is 8.12. The van der Waals surface area contributed by atoms with Gasteiger partial charge in [0.25, 0.3) is 5.67 Å². The van der Waals surface area contributed by atoms with Gasteiger partial charge >= 0.3 is 5.97 Å². The summed E-state index contributed by atoms with van der Waals surface area (Å²) in [6.07, 6.45) is -3.51. The monoisotopic (exact) mass is 682 g/mol. The number of amides is 1. The summed E-state index contributed by atoms with van der Waals surface area (Å²) >= 11 is 0. The summed E-state index contributed by atoms with van der Waals surface area (Å²) in [7, 11) is 3.67. The van der Waals surface area contributed by atoms with E-state index in [2.05, 4.69) is 11.6 Å². The number of aliphatic hydroxyl groups excluding tert-OH is 1. The van der Waals surface area contributed by atoms with E-state index in [-0.39, 0.29) is 31.6 Å². The normalized spacial score (nSPS) is 44.9. The molecule has 3 heterocycles. The van der Waals surface area contributed by atoms with Crippen LogP contribution in [0.3, 0.4) is 0 Å². The van der Waals surface area contributed by atoms with Crippen LogP contribution in [-0.4, -0.2) is 113 Å². The predicted octanol–water partition coefficient (Wildman–Crippen LogP) is 4.21. The second-order valence-electron chi connectivity index (χ2n) is 15.3. The lowest BCUT2D eigenvalue weighted by Gasteiger charge is -2.48. The first-order valence-corrected chi connectivity index (χ1v) is 17.3. The lowest BCUT2D eigenvalue weighted by Crippen LogP contribution is -2.61. The first-order chi connectivity index (χ1) is 22.1. The molecule has 3 rings (SSSR count). The lowest BCUT2D eigenvalue weighted by atomic mass is 9.68. The maximum absolute atomic E-state index is 16.6. The Kier molecular flexibility index (Phi) is 13.0. The van der Waals surface area contributed by atoms with E-state index in [0.717, 1.165) is 6.92 Å². The number of alkyl halides is 1. The molecule has 13 atom stereocenters. The molecule has 3 aliphatic rings. The summed E-state index contributed by atoms with van der Waals surface area (Å²) in [5.41, 5.74) is -4.98. The molecule has 11 nitrogen and oxygen atoms in total. The number of rotatable bonds is 4. The van der Waals surface area contributed by atoms with Gasteiger partial charge in [0.1, 0.15) is 17.8 Å². The Morgan fingerprint density at radius 3 is 2.33 bits per heavy atom. The van der Waals surface area contributed by atoms with E-state index in [1.54, 1.807) is 20.8 Å². The molecule has 2 N–H and O–H groups in total. The van der Waals surface area contributed by atoms with E-state index in [4.69, 9.17) is 18.9 Å². The maximum atomic E-state index is 16.6. The van der Waals surface area contributed by atoms with Crippen LogP contribution in [0.15, 0.2) is 17.1 Å². The second kappa shape index (κ2) is 15.4. The van der Waals surface area contributed by atoms with Crippen LogP contribution in [0.2, 0.25) is 0 Å². The topological polar surface area (TPSA) is 144 Å². The van der Waals surface area contributed by atoms with Gasteiger partial charge in [-0.1, -0.05) is 39.8 Å². The predicted molar refractivity (Wildman–Crippen MR) is 179 cm³/mol. The fraction of sp³-hybridized carbons (Fsp3) is 0.833. The van der Waals surface area contributed by atoms with Gasteiger partial charge in [0.05, 0.1) is 24.4 Å². The maximum Gasteiger partial charge on any atom is 0.351 e. The average Bonchev–Trinajstić information content (AvgIpc) is 3.00. The molecular weight excluding hydrogens is 623 g/mol. The number of fused-ring (bicyclic) bond motifs is 5. The molecule has 2 bridgehead atoms. The van der Waals surface area contributed by atoms with Crippen molar-refractivity contribution < 1.29 is 47.9 Å². The largest absolute Gasteiger partial charge is 0.457 e. The number of likely N-dealkylation sites (N-methyl/N-ethyl adjacent to an activating group) is 1. The molecule has 48 heavy (non-hydrogen) atoms. The Bertz CT molecular complexity index is 1240. The van der Waals surface area contributed by atoms with E-state index in [1.165, 1.54) is 13.8 Å². The Hall–Kier alpha value is -2.09. The van der Waals surface area contributed by atoms with Crippen LogP contribution in [0.25, 0.3) is 0 Å². The van der Waals surface area contributed by atoms with Gasteiger partial charge in [0, 0.05) is 30.5 Å². The Balaban J connectivity index is 2.33. The molecule has 0 aromatic rings. The minimum absolute atomic E-state index is 0.0523. The zero-order chi connectivity index (χ0) is 36.5. The summed E-state index contributed by atoms with van der Waals surface area (Å²) in [4.78, 5) is 46.6. The quantitative estimate of drug-likeness (QED) is 0.252. The molecule has 0 saturated carbocycles. The zero-order valence-corrected chi connectivity index (χ0v) is 30.7. The number of aliphatic imine (C=N–C) groups is 1. The number of esters is 1. The molecule has 0 aromatic heterocycles. The lowest BCUT2D eigenvalue weighted by molar-refractivity contribution is -0.297. The second-order valence-corrected chi connectivity index (χ2v) is 15.3. The molecule has 12 heteroatoms. The molecule has 3 saturated heterocycles. The van der Waals surface area contributed by atoms with Crippen molar-refractivity contribution in [3.8, 4) is 0 Å². The van der Waals surface area contributed by atoms with Gasteiger partial charge in [-0.25, -0.2) is 14.2 Å². The van der Waals surface area contributed by atoms with Crippen LogP contribution in [0.5, 0.6) is 0 Å². The molecule has 0 aliphatic carbocycles. The summed E-state index contributed by atoms with van der Waals surface area (Å²) in [5, 5.41) is 23.6. The SMILES string of the molecule is C=C1CC[C@@H]2[C@@H](C)C(=NC(C)=O)[C@H](C)C[C@@](C)(OC1)[C@H](O[C@@H]1O[C@H](C)C[C@H](N(C)C)[C@H]1O)[C@@H](C)C(=O)[C@](C)(F)C(=O)O[C@H](CC)[C@@]2(C)O. The van der Waals surface area contributed by atoms with Crippen molar-refractivity contribution in [1.82, 2.24) is 4.90 Å². The molecular formula is C36H59FN2O9. The molecule has 0 radical (unpaired) electrons. The van der Waals surface area contributed by atoms with Crippen LogP contribution in [0, 0.1) is 23.7 Å². The van der Waals surface area contributed by atoms with Crippen molar-refractivity contribution in [2.75, 3.05) is 20.7 Å². The van der Waals surface area contributed by atoms with E-state index in [0.29, 0.717) is 30.5 Å². The fourth-order valence-corrected chi connectivity index (χ4v) is 8.12. The van der Waals surface area contributed by atoms with Crippen molar-refractivity contribution in [1.29, 1.82) is 0 Å². The van der Waals surface area contributed by atoms with Gasteiger partial charge in [-0.05, 0) is 85.7 Å². The number of Topliss-reactive ketones (excluding diaryl/α,β-unsaturated/α-hetero) is 1. The number of halogens is 1. The van der Waals surface area contributed by atoms with Crippen molar-refractivity contribution in [3.63, 3.8) is 0 Å². The number of ketones is 1. The Labute approximate surface area is 285 Å². The highest BCUT2D eigenvalue weighted by Crippen LogP contribution is 2.43. The number of ether oxygens (including phenoxy) is 4. The number of cyclic esters (lactones) is 1. The minimum Gasteiger partial charge on any atom is -0.457 e. The number of aliphatic hydroxyl groups is 2. The smallest absolute Gasteiger partial charge is 0.351 e. The van der Waals surface area contributed by atoms with Gasteiger partial charge in [-0.3, -0.25) is 9.59 Å². The van der Waals surface area contributed by atoms with Crippen molar-refractivity contribution in [2.45, 2.75) is 148 Å². The summed E-state index contributed by atoms with van der Waals surface area (Å²) < 4.78 is 41.6. The van der Waals surface area contributed by atoms with E-state index >= 15 is 4.39 Å². The van der Waals surface area contributed by atoms with Crippen molar-refractivity contribution >= 4 is 23.4 Å². The first-order valence-electron chi connectivity index (χ1n) is 17.3. The molecule has 0 aromatic carbocycles.